The van der Waals surface area contributed by atoms with E-state index >= 15 is 0 Å². The maximum atomic E-state index is 12.7. The number of nitrogens with one attached hydrogen (secondary N) is 2. The molecule has 6 heteroatoms. The molecule has 6 nitrogen and oxygen atoms in total. The van der Waals surface area contributed by atoms with Crippen LogP contribution in [0.3, 0.4) is 0 Å². The fourth-order valence-electron chi connectivity index (χ4n) is 3.25. The van der Waals surface area contributed by atoms with Crippen LogP contribution >= 0.6 is 0 Å². The van der Waals surface area contributed by atoms with Gasteiger partial charge in [-0.25, -0.2) is 0 Å². The Morgan fingerprint density at radius 2 is 1.52 bits per heavy atom. The number of hydrogen-bond acceptors (Lipinski definition) is 3. The third-order valence-electron chi connectivity index (χ3n) is 5.08. The van der Waals surface area contributed by atoms with Crippen LogP contribution in [0.15, 0.2) is 54.6 Å². The first-order chi connectivity index (χ1) is 13.9. The van der Waals surface area contributed by atoms with E-state index in [0.29, 0.717) is 29.9 Å². The van der Waals surface area contributed by atoms with E-state index in [1.54, 1.807) is 36.4 Å². The topological polar surface area (TPSA) is 78.5 Å². The third kappa shape index (κ3) is 5.44. The predicted octanol–water partition coefficient (Wildman–Crippen LogP) is 3.32. The van der Waals surface area contributed by atoms with Gasteiger partial charge in [0.15, 0.2) is 0 Å². The van der Waals surface area contributed by atoms with Crippen molar-refractivity contribution >= 4 is 23.4 Å². The highest BCUT2D eigenvalue weighted by Crippen LogP contribution is 2.17. The van der Waals surface area contributed by atoms with Gasteiger partial charge < -0.3 is 15.5 Å². The van der Waals surface area contributed by atoms with Crippen LogP contribution in [0.25, 0.3) is 0 Å². The highest BCUT2D eigenvalue weighted by molar-refractivity contribution is 5.96. The summed E-state index contributed by atoms with van der Waals surface area (Å²) in [6.07, 6.45) is 1.46. The van der Waals surface area contributed by atoms with Crippen molar-refractivity contribution in [2.45, 2.75) is 32.7 Å². The first kappa shape index (κ1) is 20.6. The van der Waals surface area contributed by atoms with Crippen LogP contribution in [-0.4, -0.2) is 41.8 Å². The summed E-state index contributed by atoms with van der Waals surface area (Å²) in [5, 5.41) is 5.87. The first-order valence-corrected chi connectivity index (χ1v) is 10.00. The van der Waals surface area contributed by atoms with Crippen LogP contribution in [0.5, 0.6) is 0 Å². The van der Waals surface area contributed by atoms with Crippen molar-refractivity contribution in [1.82, 2.24) is 10.2 Å². The Bertz CT molecular complexity index is 855. The Morgan fingerprint density at radius 1 is 0.897 bits per heavy atom. The molecule has 1 heterocycles. The van der Waals surface area contributed by atoms with Crippen LogP contribution in [-0.2, 0) is 4.79 Å². The zero-order chi connectivity index (χ0) is 20.8. The summed E-state index contributed by atoms with van der Waals surface area (Å²) in [7, 11) is 0. The second kappa shape index (κ2) is 9.37. The van der Waals surface area contributed by atoms with Crippen molar-refractivity contribution in [2.24, 2.45) is 5.92 Å². The molecule has 29 heavy (non-hydrogen) atoms. The van der Waals surface area contributed by atoms with Crippen LogP contribution in [0, 0.1) is 5.92 Å². The van der Waals surface area contributed by atoms with Crippen LogP contribution in [0.2, 0.25) is 0 Å². The fraction of sp³-hybridized carbons (Fsp3) is 0.348. The lowest BCUT2D eigenvalue weighted by atomic mass is 10.0. The van der Waals surface area contributed by atoms with E-state index in [2.05, 4.69) is 10.6 Å². The SMILES string of the molecule is CC(C)C(=O)Nc1ccc(C(=O)N2CCC(NC(=O)c3ccccc3)CC2)cc1. The second-order valence-corrected chi connectivity index (χ2v) is 7.63. The monoisotopic (exact) mass is 393 g/mol. The number of hydrogen-bond donors (Lipinski definition) is 2. The van der Waals surface area contributed by atoms with Gasteiger partial charge in [-0.05, 0) is 49.2 Å². The van der Waals surface area contributed by atoms with Gasteiger partial charge in [-0.3, -0.25) is 14.4 Å². The van der Waals surface area contributed by atoms with E-state index in [4.69, 9.17) is 0 Å². The van der Waals surface area contributed by atoms with Gasteiger partial charge in [-0.1, -0.05) is 32.0 Å². The van der Waals surface area contributed by atoms with E-state index < -0.39 is 0 Å². The fourth-order valence-corrected chi connectivity index (χ4v) is 3.25. The van der Waals surface area contributed by atoms with Crippen molar-refractivity contribution in [2.75, 3.05) is 18.4 Å². The maximum Gasteiger partial charge on any atom is 0.253 e. The first-order valence-electron chi connectivity index (χ1n) is 10.00. The summed E-state index contributed by atoms with van der Waals surface area (Å²) in [5.41, 5.74) is 1.93. The number of carbonyl (C=O) groups excluding carboxylic acids is 3. The molecule has 0 bridgehead atoms. The molecule has 0 aliphatic carbocycles. The van der Waals surface area contributed by atoms with Gasteiger partial charge in [0.2, 0.25) is 5.91 Å². The highest BCUT2D eigenvalue weighted by atomic mass is 16.2. The van der Waals surface area contributed by atoms with Gasteiger partial charge in [-0.15, -0.1) is 0 Å². The normalized spacial score (nSPS) is 14.5. The molecule has 3 amide bonds. The lowest BCUT2D eigenvalue weighted by molar-refractivity contribution is -0.118. The largest absolute Gasteiger partial charge is 0.349 e. The molecule has 2 aromatic rings. The number of piperidine rings is 1. The molecule has 1 aliphatic rings. The molecule has 2 aromatic carbocycles. The standard InChI is InChI=1S/C23H27N3O3/c1-16(2)21(27)24-19-10-8-18(9-11-19)23(29)26-14-12-20(13-15-26)25-22(28)17-6-4-3-5-7-17/h3-11,16,20H,12-15H2,1-2H3,(H,24,27)(H,25,28). The zero-order valence-electron chi connectivity index (χ0n) is 16.9. The third-order valence-corrected chi connectivity index (χ3v) is 5.08. The Morgan fingerprint density at radius 3 is 2.10 bits per heavy atom. The van der Waals surface area contributed by atoms with Crippen molar-refractivity contribution in [3.63, 3.8) is 0 Å². The summed E-state index contributed by atoms with van der Waals surface area (Å²) in [6, 6.07) is 16.2. The molecule has 2 N–H and O–H groups in total. The van der Waals surface area contributed by atoms with Gasteiger partial charge in [0.05, 0.1) is 0 Å². The molecule has 3 rings (SSSR count). The quantitative estimate of drug-likeness (QED) is 0.818. The minimum atomic E-state index is -0.0972. The van der Waals surface area contributed by atoms with Gasteiger partial charge in [0, 0.05) is 41.9 Å². The van der Waals surface area contributed by atoms with E-state index in [1.807, 2.05) is 36.9 Å². The van der Waals surface area contributed by atoms with E-state index in [9.17, 15) is 14.4 Å². The van der Waals surface area contributed by atoms with E-state index in [-0.39, 0.29) is 29.7 Å². The van der Waals surface area contributed by atoms with Crippen LogP contribution < -0.4 is 10.6 Å². The molecule has 0 spiro atoms. The summed E-state index contributed by atoms with van der Waals surface area (Å²) in [5.74, 6) is -0.252. The molecule has 1 fully saturated rings. The van der Waals surface area contributed by atoms with E-state index in [0.717, 1.165) is 12.8 Å². The lowest BCUT2D eigenvalue weighted by Gasteiger charge is -2.32. The number of nitrogens with zero attached hydrogens (tertiary/aromatic N) is 1. The zero-order valence-corrected chi connectivity index (χ0v) is 16.9. The second-order valence-electron chi connectivity index (χ2n) is 7.63. The number of rotatable bonds is 5. The lowest BCUT2D eigenvalue weighted by Crippen LogP contribution is -2.46. The molecule has 0 aromatic heterocycles. The minimum absolute atomic E-state index is 0.0282. The maximum absolute atomic E-state index is 12.7. The summed E-state index contributed by atoms with van der Waals surface area (Å²) < 4.78 is 0. The molecule has 1 saturated heterocycles. The molecule has 0 atom stereocenters. The molecule has 0 saturated carbocycles. The van der Waals surface area contributed by atoms with Crippen LogP contribution in [0.4, 0.5) is 5.69 Å². The van der Waals surface area contributed by atoms with Gasteiger partial charge in [0.1, 0.15) is 0 Å². The molecular weight excluding hydrogens is 366 g/mol. The van der Waals surface area contributed by atoms with E-state index in [1.165, 1.54) is 0 Å². The average Bonchev–Trinajstić information content (AvgIpc) is 2.75. The number of benzene rings is 2. The Kier molecular flexibility index (Phi) is 6.65. The van der Waals surface area contributed by atoms with Gasteiger partial charge in [0.25, 0.3) is 11.8 Å². The number of likely N-dealkylation sites (tertiary alicyclic amines) is 1. The molecule has 0 unspecified atom stereocenters. The number of amides is 3. The van der Waals surface area contributed by atoms with Crippen molar-refractivity contribution < 1.29 is 14.4 Å². The van der Waals surface area contributed by atoms with Gasteiger partial charge >= 0.3 is 0 Å². The Labute approximate surface area is 171 Å². The minimum Gasteiger partial charge on any atom is -0.349 e. The molecular formula is C23H27N3O3. The Balaban J connectivity index is 1.51. The summed E-state index contributed by atoms with van der Waals surface area (Å²) in [6.45, 7) is 4.87. The smallest absolute Gasteiger partial charge is 0.253 e. The van der Waals surface area contributed by atoms with Crippen molar-refractivity contribution in [1.29, 1.82) is 0 Å². The van der Waals surface area contributed by atoms with Gasteiger partial charge in [-0.2, -0.15) is 0 Å². The summed E-state index contributed by atoms with van der Waals surface area (Å²) >= 11 is 0. The molecule has 1 aliphatic heterocycles. The molecule has 152 valence electrons. The van der Waals surface area contributed by atoms with Crippen LogP contribution in [0.1, 0.15) is 47.4 Å². The predicted molar refractivity (Wildman–Crippen MR) is 113 cm³/mol. The number of carbonyl (C=O) groups is 3. The summed E-state index contributed by atoms with van der Waals surface area (Å²) in [4.78, 5) is 38.6. The van der Waals surface area contributed by atoms with Crippen molar-refractivity contribution in [3.8, 4) is 0 Å². The Hall–Kier alpha value is -3.15. The molecule has 0 radical (unpaired) electrons. The number of anilines is 1. The average molecular weight is 393 g/mol. The van der Waals surface area contributed by atoms with Crippen molar-refractivity contribution in [3.05, 3.63) is 65.7 Å². The highest BCUT2D eigenvalue weighted by Gasteiger charge is 2.25.